The highest BCUT2D eigenvalue weighted by molar-refractivity contribution is 7.22. The van der Waals surface area contributed by atoms with E-state index in [2.05, 4.69) is 10.3 Å². The Morgan fingerprint density at radius 1 is 1.35 bits per heavy atom. The molecule has 0 saturated heterocycles. The molecule has 1 aromatic carbocycles. The Hall–Kier alpha value is -2.06. The van der Waals surface area contributed by atoms with Crippen LogP contribution in [0.3, 0.4) is 0 Å². The molecule has 8 heteroatoms. The van der Waals surface area contributed by atoms with Crippen LogP contribution < -0.4 is 5.32 Å². The molecule has 0 aliphatic heterocycles. The van der Waals surface area contributed by atoms with Gasteiger partial charge in [-0.2, -0.15) is 13.2 Å². The van der Waals surface area contributed by atoms with Gasteiger partial charge in [-0.15, -0.1) is 0 Å². The molecule has 1 N–H and O–H groups in total. The fraction of sp³-hybridized carbons (Fsp3) is 0.267. The molecule has 122 valence electrons. The molecule has 0 aliphatic carbocycles. The molecule has 0 saturated carbocycles. The molecule has 0 aliphatic rings. The second-order valence-electron chi connectivity index (χ2n) is 4.87. The van der Waals surface area contributed by atoms with Crippen LogP contribution >= 0.6 is 11.3 Å². The molecular weight excluding hydrogens is 329 g/mol. The monoisotopic (exact) mass is 342 g/mol. The molecule has 3 aromatic rings. The van der Waals surface area contributed by atoms with Crippen LogP contribution in [0, 0.1) is 0 Å². The van der Waals surface area contributed by atoms with E-state index in [0.29, 0.717) is 27.7 Å². The first-order valence-corrected chi connectivity index (χ1v) is 7.55. The van der Waals surface area contributed by atoms with Crippen molar-refractivity contribution in [3.05, 3.63) is 47.9 Å². The van der Waals surface area contributed by atoms with E-state index in [-0.39, 0.29) is 6.04 Å². The van der Waals surface area contributed by atoms with Gasteiger partial charge in [0.15, 0.2) is 5.13 Å². The van der Waals surface area contributed by atoms with Crippen molar-refractivity contribution in [2.75, 3.05) is 19.0 Å². The lowest BCUT2D eigenvalue weighted by Crippen LogP contribution is -2.15. The standard InChI is InChI=1S/C15H13F3N2O2S/c1-21-8-11(12-3-2-6-22-12)20-14-19-10-7-9(15(16,17)18)4-5-13(10)23-14/h2-7,11H,8H2,1H3,(H,19,20). The largest absolute Gasteiger partial charge is 0.467 e. The highest BCUT2D eigenvalue weighted by Crippen LogP contribution is 2.34. The van der Waals surface area contributed by atoms with Crippen molar-refractivity contribution >= 4 is 26.7 Å². The second kappa shape index (κ2) is 6.21. The zero-order chi connectivity index (χ0) is 16.4. The minimum atomic E-state index is -4.38. The average Bonchev–Trinajstić information content (AvgIpc) is 3.14. The van der Waals surface area contributed by atoms with Gasteiger partial charge in [0.05, 0.1) is 28.7 Å². The van der Waals surface area contributed by atoms with E-state index in [1.807, 2.05) is 0 Å². The molecule has 0 fully saturated rings. The van der Waals surface area contributed by atoms with Crippen LogP contribution in [0.1, 0.15) is 17.4 Å². The number of furan rings is 1. The third-order valence-corrected chi connectivity index (χ3v) is 4.20. The smallest absolute Gasteiger partial charge is 0.416 e. The number of thiazole rings is 1. The lowest BCUT2D eigenvalue weighted by molar-refractivity contribution is -0.137. The molecule has 0 spiro atoms. The lowest BCUT2D eigenvalue weighted by atomic mass is 10.2. The van der Waals surface area contributed by atoms with E-state index in [0.717, 1.165) is 12.1 Å². The maximum atomic E-state index is 12.7. The fourth-order valence-corrected chi connectivity index (χ4v) is 3.06. The molecule has 1 atom stereocenters. The van der Waals surface area contributed by atoms with Gasteiger partial charge >= 0.3 is 6.18 Å². The number of fused-ring (bicyclic) bond motifs is 1. The number of methoxy groups -OCH3 is 1. The van der Waals surface area contributed by atoms with Crippen molar-refractivity contribution < 1.29 is 22.3 Å². The third-order valence-electron chi connectivity index (χ3n) is 3.23. The van der Waals surface area contributed by atoms with Gasteiger partial charge in [0.1, 0.15) is 11.8 Å². The molecule has 2 aromatic heterocycles. The lowest BCUT2D eigenvalue weighted by Gasteiger charge is -2.14. The van der Waals surface area contributed by atoms with E-state index in [4.69, 9.17) is 9.15 Å². The van der Waals surface area contributed by atoms with Gasteiger partial charge in [0, 0.05) is 7.11 Å². The average molecular weight is 342 g/mol. The summed E-state index contributed by atoms with van der Waals surface area (Å²) in [6.45, 7) is 0.344. The number of nitrogens with zero attached hydrogens (tertiary/aromatic N) is 1. The molecule has 2 heterocycles. The number of aromatic nitrogens is 1. The number of benzene rings is 1. The molecule has 0 radical (unpaired) electrons. The van der Waals surface area contributed by atoms with Crippen molar-refractivity contribution in [3.8, 4) is 0 Å². The Bertz CT molecular complexity index is 784. The normalized spacial score (nSPS) is 13.4. The Morgan fingerprint density at radius 3 is 2.83 bits per heavy atom. The number of halogens is 3. The Morgan fingerprint density at radius 2 is 2.17 bits per heavy atom. The van der Waals surface area contributed by atoms with Gasteiger partial charge in [-0.25, -0.2) is 4.98 Å². The predicted molar refractivity (Wildman–Crippen MR) is 81.6 cm³/mol. The van der Waals surface area contributed by atoms with Crippen LogP contribution in [-0.2, 0) is 10.9 Å². The predicted octanol–water partition coefficient (Wildman–Crippen LogP) is 4.71. The number of anilines is 1. The van der Waals surface area contributed by atoms with Gasteiger partial charge in [0.2, 0.25) is 0 Å². The summed E-state index contributed by atoms with van der Waals surface area (Å²) in [5.74, 6) is 0.669. The number of nitrogens with one attached hydrogen (secondary N) is 1. The van der Waals surface area contributed by atoms with Gasteiger partial charge in [-0.1, -0.05) is 11.3 Å². The zero-order valence-corrected chi connectivity index (χ0v) is 12.9. The van der Waals surface area contributed by atoms with Crippen LogP contribution in [0.4, 0.5) is 18.3 Å². The Kier molecular flexibility index (Phi) is 4.27. The highest BCUT2D eigenvalue weighted by Gasteiger charge is 2.30. The fourth-order valence-electron chi connectivity index (χ4n) is 2.17. The number of rotatable bonds is 5. The van der Waals surface area contributed by atoms with E-state index in [9.17, 15) is 13.2 Å². The van der Waals surface area contributed by atoms with Gasteiger partial charge in [-0.3, -0.25) is 0 Å². The number of hydrogen-bond acceptors (Lipinski definition) is 5. The molecule has 3 rings (SSSR count). The summed E-state index contributed by atoms with van der Waals surface area (Å²) in [4.78, 5) is 4.23. The van der Waals surface area contributed by atoms with Crippen molar-refractivity contribution in [3.63, 3.8) is 0 Å². The topological polar surface area (TPSA) is 47.3 Å². The van der Waals surface area contributed by atoms with Gasteiger partial charge in [0.25, 0.3) is 0 Å². The quantitative estimate of drug-likeness (QED) is 0.730. The van der Waals surface area contributed by atoms with E-state index in [1.165, 1.54) is 17.4 Å². The van der Waals surface area contributed by atoms with E-state index >= 15 is 0 Å². The van der Waals surface area contributed by atoms with Crippen molar-refractivity contribution in [1.82, 2.24) is 4.98 Å². The van der Waals surface area contributed by atoms with E-state index in [1.54, 1.807) is 25.5 Å². The van der Waals surface area contributed by atoms with Crippen LogP contribution in [0.25, 0.3) is 10.2 Å². The first-order valence-electron chi connectivity index (χ1n) is 6.74. The van der Waals surface area contributed by atoms with Crippen LogP contribution in [-0.4, -0.2) is 18.7 Å². The van der Waals surface area contributed by atoms with Gasteiger partial charge < -0.3 is 14.5 Å². The summed E-state index contributed by atoms with van der Waals surface area (Å²) < 4.78 is 49.4. The zero-order valence-electron chi connectivity index (χ0n) is 12.1. The molecule has 1 unspecified atom stereocenters. The highest BCUT2D eigenvalue weighted by atomic mass is 32.1. The molecule has 0 bridgehead atoms. The number of hydrogen-bond donors (Lipinski definition) is 1. The molecule has 0 amide bonds. The van der Waals surface area contributed by atoms with Crippen LogP contribution in [0.5, 0.6) is 0 Å². The molecular formula is C15H13F3N2O2S. The van der Waals surface area contributed by atoms with Crippen molar-refractivity contribution in [1.29, 1.82) is 0 Å². The summed E-state index contributed by atoms with van der Waals surface area (Å²) in [5, 5.41) is 3.65. The first kappa shape index (κ1) is 15.8. The maximum absolute atomic E-state index is 12.7. The third kappa shape index (κ3) is 3.48. The van der Waals surface area contributed by atoms with Gasteiger partial charge in [-0.05, 0) is 30.3 Å². The minimum absolute atomic E-state index is 0.266. The minimum Gasteiger partial charge on any atom is -0.467 e. The summed E-state index contributed by atoms with van der Waals surface area (Å²) in [6.07, 6.45) is -2.83. The number of ether oxygens (including phenoxy) is 1. The summed E-state index contributed by atoms with van der Waals surface area (Å²) in [7, 11) is 1.56. The summed E-state index contributed by atoms with van der Waals surface area (Å²) in [5.41, 5.74) is -0.399. The Balaban J connectivity index is 1.87. The first-order chi connectivity index (χ1) is 11.0. The molecule has 23 heavy (non-hydrogen) atoms. The summed E-state index contributed by atoms with van der Waals surface area (Å²) in [6, 6.07) is 6.83. The molecule has 4 nitrogen and oxygen atoms in total. The van der Waals surface area contributed by atoms with Crippen molar-refractivity contribution in [2.45, 2.75) is 12.2 Å². The van der Waals surface area contributed by atoms with Crippen LogP contribution in [0.2, 0.25) is 0 Å². The number of alkyl halides is 3. The maximum Gasteiger partial charge on any atom is 0.416 e. The second-order valence-corrected chi connectivity index (χ2v) is 5.90. The Labute approximate surface area is 133 Å². The van der Waals surface area contributed by atoms with E-state index < -0.39 is 11.7 Å². The van der Waals surface area contributed by atoms with Crippen LogP contribution in [0.15, 0.2) is 41.0 Å². The van der Waals surface area contributed by atoms with Crippen molar-refractivity contribution in [2.24, 2.45) is 0 Å². The SMILES string of the molecule is COCC(Nc1nc2cc(C(F)(F)F)ccc2s1)c1ccco1. The summed E-state index contributed by atoms with van der Waals surface area (Å²) >= 11 is 1.28.